The summed E-state index contributed by atoms with van der Waals surface area (Å²) >= 11 is 0. The van der Waals surface area contributed by atoms with Crippen LogP contribution in [0.25, 0.3) is 0 Å². The molecule has 0 fully saturated rings. The predicted octanol–water partition coefficient (Wildman–Crippen LogP) is 2.57. The highest BCUT2D eigenvalue weighted by molar-refractivity contribution is 5.62. The zero-order chi connectivity index (χ0) is 12.1. The minimum Gasteiger partial charge on any atom is -0.345 e. The summed E-state index contributed by atoms with van der Waals surface area (Å²) in [5.74, 6) is 0. The van der Waals surface area contributed by atoms with Crippen LogP contribution in [0.4, 0.5) is 11.4 Å². The van der Waals surface area contributed by atoms with Gasteiger partial charge < -0.3 is 10.2 Å². The number of rotatable bonds is 4. The number of hydrogen-bond donors (Lipinski definition) is 1. The molecule has 1 aromatic heterocycles. The third-order valence-corrected chi connectivity index (χ3v) is 2.69. The van der Waals surface area contributed by atoms with Crippen molar-refractivity contribution in [2.45, 2.75) is 6.54 Å². The molecule has 0 unspecified atom stereocenters. The molecule has 0 aliphatic carbocycles. The Hall–Kier alpha value is -1.87. The molecular weight excluding hydrogens is 210 g/mol. The van der Waals surface area contributed by atoms with Gasteiger partial charge in [0.05, 0.1) is 5.69 Å². The first-order chi connectivity index (χ1) is 8.31. The van der Waals surface area contributed by atoms with Crippen molar-refractivity contribution in [1.29, 1.82) is 0 Å². The summed E-state index contributed by atoms with van der Waals surface area (Å²) in [6.07, 6.45) is 1.85. The molecule has 0 aliphatic rings. The van der Waals surface area contributed by atoms with E-state index in [1.165, 1.54) is 5.69 Å². The van der Waals surface area contributed by atoms with Crippen LogP contribution in [0.5, 0.6) is 0 Å². The van der Waals surface area contributed by atoms with Crippen LogP contribution in [-0.2, 0) is 6.54 Å². The zero-order valence-corrected chi connectivity index (χ0v) is 10.2. The summed E-state index contributed by atoms with van der Waals surface area (Å²) in [4.78, 5) is 6.47. The lowest BCUT2D eigenvalue weighted by Crippen LogP contribution is -2.11. The molecule has 0 spiro atoms. The summed E-state index contributed by atoms with van der Waals surface area (Å²) in [6.45, 7) is 0.788. The maximum atomic E-state index is 4.32. The molecule has 17 heavy (non-hydrogen) atoms. The number of hydrogen-bond acceptors (Lipinski definition) is 3. The number of aromatic nitrogens is 1. The van der Waals surface area contributed by atoms with Crippen LogP contribution >= 0.6 is 0 Å². The van der Waals surface area contributed by atoms with E-state index >= 15 is 0 Å². The van der Waals surface area contributed by atoms with Crippen molar-refractivity contribution in [1.82, 2.24) is 10.3 Å². The first-order valence-corrected chi connectivity index (χ1v) is 5.69. The van der Waals surface area contributed by atoms with Crippen molar-refractivity contribution in [2.75, 3.05) is 19.0 Å². The molecule has 0 atom stereocenters. The fraction of sp³-hybridized carbons (Fsp3) is 0.214. The second kappa shape index (κ2) is 5.46. The van der Waals surface area contributed by atoms with E-state index in [0.29, 0.717) is 0 Å². The number of nitrogens with zero attached hydrogens (tertiary/aromatic N) is 2. The predicted molar refractivity (Wildman–Crippen MR) is 71.5 cm³/mol. The van der Waals surface area contributed by atoms with Gasteiger partial charge in [-0.15, -0.1) is 0 Å². The fourth-order valence-corrected chi connectivity index (χ4v) is 1.75. The van der Waals surface area contributed by atoms with Crippen molar-refractivity contribution >= 4 is 11.4 Å². The fourth-order valence-electron chi connectivity index (χ4n) is 1.75. The highest BCUT2D eigenvalue weighted by Gasteiger charge is 2.04. The molecule has 3 nitrogen and oxygen atoms in total. The van der Waals surface area contributed by atoms with Gasteiger partial charge in [0.25, 0.3) is 0 Å². The van der Waals surface area contributed by atoms with Crippen molar-refractivity contribution in [3.8, 4) is 0 Å². The molecule has 1 heterocycles. The van der Waals surface area contributed by atoms with Crippen molar-refractivity contribution in [3.05, 3.63) is 54.4 Å². The van der Waals surface area contributed by atoms with Crippen LogP contribution < -0.4 is 10.2 Å². The number of nitrogens with one attached hydrogen (secondary N) is 1. The highest BCUT2D eigenvalue weighted by atomic mass is 15.1. The van der Waals surface area contributed by atoms with Gasteiger partial charge in [-0.1, -0.05) is 18.2 Å². The van der Waals surface area contributed by atoms with Crippen LogP contribution in [0.2, 0.25) is 0 Å². The second-order valence-electron chi connectivity index (χ2n) is 3.93. The second-order valence-corrected chi connectivity index (χ2v) is 3.93. The van der Waals surface area contributed by atoms with E-state index in [2.05, 4.69) is 40.4 Å². The van der Waals surface area contributed by atoms with Gasteiger partial charge in [-0.3, -0.25) is 4.98 Å². The van der Waals surface area contributed by atoms with E-state index in [1.807, 2.05) is 37.5 Å². The third kappa shape index (κ3) is 2.82. The summed E-state index contributed by atoms with van der Waals surface area (Å²) in [7, 11) is 3.99. The number of anilines is 2. The van der Waals surface area contributed by atoms with Crippen molar-refractivity contribution < 1.29 is 0 Å². The largest absolute Gasteiger partial charge is 0.345 e. The van der Waals surface area contributed by atoms with Crippen LogP contribution in [0, 0.1) is 0 Å². The van der Waals surface area contributed by atoms with Crippen LogP contribution in [0.15, 0.2) is 48.7 Å². The first-order valence-electron chi connectivity index (χ1n) is 5.69. The molecule has 0 radical (unpaired) electrons. The Labute approximate surface area is 102 Å². The summed E-state index contributed by atoms with van der Waals surface area (Å²) in [5, 5.41) is 3.11. The zero-order valence-electron chi connectivity index (χ0n) is 10.2. The normalized spacial score (nSPS) is 10.2. The summed E-state index contributed by atoms with van der Waals surface area (Å²) in [5.41, 5.74) is 3.37. The number of pyridine rings is 1. The average Bonchev–Trinajstić information content (AvgIpc) is 2.40. The lowest BCUT2D eigenvalue weighted by atomic mass is 10.2. The van der Waals surface area contributed by atoms with Gasteiger partial charge in [0.15, 0.2) is 0 Å². The van der Waals surface area contributed by atoms with Gasteiger partial charge in [0.1, 0.15) is 0 Å². The molecule has 0 saturated heterocycles. The van der Waals surface area contributed by atoms with Gasteiger partial charge in [0, 0.05) is 31.2 Å². The van der Waals surface area contributed by atoms with Gasteiger partial charge >= 0.3 is 0 Å². The molecular formula is C14H17N3. The Morgan fingerprint density at radius 3 is 2.59 bits per heavy atom. The van der Waals surface area contributed by atoms with E-state index in [9.17, 15) is 0 Å². The molecule has 88 valence electrons. The van der Waals surface area contributed by atoms with Crippen LogP contribution in [-0.4, -0.2) is 19.1 Å². The summed E-state index contributed by atoms with van der Waals surface area (Å²) in [6, 6.07) is 14.4. The van der Waals surface area contributed by atoms with Crippen LogP contribution in [0.3, 0.4) is 0 Å². The lowest BCUT2D eigenvalue weighted by molar-refractivity contribution is 0.791. The minimum absolute atomic E-state index is 0.788. The maximum Gasteiger partial charge on any atom is 0.0562 e. The van der Waals surface area contributed by atoms with Crippen molar-refractivity contribution in [3.63, 3.8) is 0 Å². The SMILES string of the molecule is CNCc1cc(N(C)c2ccccc2)ccn1. The van der Waals surface area contributed by atoms with Crippen molar-refractivity contribution in [2.24, 2.45) is 0 Å². The van der Waals surface area contributed by atoms with E-state index in [4.69, 9.17) is 0 Å². The Morgan fingerprint density at radius 2 is 1.88 bits per heavy atom. The molecule has 2 rings (SSSR count). The molecule has 2 aromatic rings. The van der Waals surface area contributed by atoms with Crippen LogP contribution in [0.1, 0.15) is 5.69 Å². The van der Waals surface area contributed by atoms with Gasteiger partial charge in [0.2, 0.25) is 0 Å². The Bertz CT molecular complexity index is 468. The monoisotopic (exact) mass is 227 g/mol. The van der Waals surface area contributed by atoms with Gasteiger partial charge in [-0.25, -0.2) is 0 Å². The third-order valence-electron chi connectivity index (χ3n) is 2.69. The van der Waals surface area contributed by atoms with Gasteiger partial charge in [-0.05, 0) is 31.3 Å². The van der Waals surface area contributed by atoms with E-state index < -0.39 is 0 Å². The Balaban J connectivity index is 2.25. The highest BCUT2D eigenvalue weighted by Crippen LogP contribution is 2.22. The van der Waals surface area contributed by atoms with E-state index in [0.717, 1.165) is 17.9 Å². The maximum absolute atomic E-state index is 4.32. The molecule has 0 amide bonds. The molecule has 1 N–H and O–H groups in total. The molecule has 0 bridgehead atoms. The average molecular weight is 227 g/mol. The number of para-hydroxylation sites is 1. The van der Waals surface area contributed by atoms with E-state index in [1.54, 1.807) is 0 Å². The minimum atomic E-state index is 0.788. The quantitative estimate of drug-likeness (QED) is 0.870. The lowest BCUT2D eigenvalue weighted by Gasteiger charge is -2.19. The Kier molecular flexibility index (Phi) is 3.73. The summed E-state index contributed by atoms with van der Waals surface area (Å²) < 4.78 is 0. The smallest absolute Gasteiger partial charge is 0.0562 e. The standard InChI is InChI=1S/C14H17N3/c1-15-11-12-10-14(8-9-16-12)17(2)13-6-4-3-5-7-13/h3-10,15H,11H2,1-2H3. The first kappa shape index (κ1) is 11.6. The van der Waals surface area contributed by atoms with E-state index in [-0.39, 0.29) is 0 Å². The molecule has 3 heteroatoms. The molecule has 0 saturated carbocycles. The molecule has 1 aromatic carbocycles. The number of benzene rings is 1. The Morgan fingerprint density at radius 1 is 1.12 bits per heavy atom. The topological polar surface area (TPSA) is 28.2 Å². The molecule has 0 aliphatic heterocycles. The van der Waals surface area contributed by atoms with Gasteiger partial charge in [-0.2, -0.15) is 0 Å².